The van der Waals surface area contributed by atoms with Gasteiger partial charge in [0.1, 0.15) is 11.5 Å². The van der Waals surface area contributed by atoms with Crippen LogP contribution >= 0.6 is 11.8 Å². The number of carbonyl (C=O) groups is 2. The molecule has 1 saturated heterocycles. The maximum absolute atomic E-state index is 12.2. The van der Waals surface area contributed by atoms with Crippen LogP contribution in [-0.2, 0) is 0 Å². The molecule has 2 aromatic heterocycles. The summed E-state index contributed by atoms with van der Waals surface area (Å²) < 4.78 is 0. The Bertz CT molecular complexity index is 687. The molecule has 1 fully saturated rings. The van der Waals surface area contributed by atoms with E-state index in [1.807, 2.05) is 4.90 Å². The van der Waals surface area contributed by atoms with E-state index in [4.69, 9.17) is 0 Å². The van der Waals surface area contributed by atoms with E-state index in [1.165, 1.54) is 11.8 Å². The standard InChI is InChI=1S/C14H17N5O2S/c1-9-16-14(18-17-9)22-8-12(20)10-6-11(15-7-10)13(21)19-4-2-3-5-19/h6-7,15H,2-5,8H2,1H3,(H,16,17,18). The fourth-order valence-electron chi connectivity index (χ4n) is 2.37. The lowest BCUT2D eigenvalue weighted by atomic mass is 10.2. The summed E-state index contributed by atoms with van der Waals surface area (Å²) in [5.74, 6) is 0.875. The number of carbonyl (C=O) groups excluding carboxylic acids is 2. The lowest BCUT2D eigenvalue weighted by Crippen LogP contribution is -2.27. The van der Waals surface area contributed by atoms with Gasteiger partial charge in [0.2, 0.25) is 5.16 Å². The van der Waals surface area contributed by atoms with Gasteiger partial charge in [-0.05, 0) is 25.8 Å². The molecule has 0 atom stereocenters. The zero-order chi connectivity index (χ0) is 15.5. The van der Waals surface area contributed by atoms with Crippen molar-refractivity contribution in [1.82, 2.24) is 25.1 Å². The molecule has 0 radical (unpaired) electrons. The molecule has 22 heavy (non-hydrogen) atoms. The minimum Gasteiger partial charge on any atom is -0.356 e. The number of ketones is 1. The number of aryl methyl sites for hydroxylation is 1. The van der Waals surface area contributed by atoms with Crippen molar-refractivity contribution < 1.29 is 9.59 Å². The van der Waals surface area contributed by atoms with E-state index in [-0.39, 0.29) is 17.4 Å². The minimum absolute atomic E-state index is 0.0335. The van der Waals surface area contributed by atoms with Crippen molar-refractivity contribution in [2.45, 2.75) is 24.9 Å². The van der Waals surface area contributed by atoms with Gasteiger partial charge in [0.15, 0.2) is 5.78 Å². The van der Waals surface area contributed by atoms with Gasteiger partial charge in [0, 0.05) is 24.8 Å². The zero-order valence-corrected chi connectivity index (χ0v) is 13.1. The van der Waals surface area contributed by atoms with Crippen LogP contribution in [-0.4, -0.2) is 55.6 Å². The average Bonchev–Trinajstić information content (AvgIpc) is 3.25. The molecule has 0 spiro atoms. The molecule has 1 aliphatic rings. The Morgan fingerprint density at radius 1 is 1.36 bits per heavy atom. The van der Waals surface area contributed by atoms with Crippen molar-refractivity contribution in [1.29, 1.82) is 0 Å². The van der Waals surface area contributed by atoms with Crippen LogP contribution in [0.5, 0.6) is 0 Å². The van der Waals surface area contributed by atoms with Crippen LogP contribution in [0.25, 0.3) is 0 Å². The third-order valence-corrected chi connectivity index (χ3v) is 4.39. The Hall–Kier alpha value is -2.09. The molecule has 0 saturated carbocycles. The largest absolute Gasteiger partial charge is 0.356 e. The number of aromatic amines is 2. The van der Waals surface area contributed by atoms with Gasteiger partial charge in [-0.3, -0.25) is 14.7 Å². The van der Waals surface area contributed by atoms with E-state index in [1.54, 1.807) is 19.2 Å². The van der Waals surface area contributed by atoms with Crippen LogP contribution in [0.4, 0.5) is 0 Å². The lowest BCUT2D eigenvalue weighted by Gasteiger charge is -2.13. The highest BCUT2D eigenvalue weighted by Crippen LogP contribution is 2.17. The highest BCUT2D eigenvalue weighted by atomic mass is 32.2. The second-order valence-corrected chi connectivity index (χ2v) is 6.16. The number of rotatable bonds is 5. The first-order valence-electron chi connectivity index (χ1n) is 7.16. The number of thioether (sulfide) groups is 1. The lowest BCUT2D eigenvalue weighted by molar-refractivity contribution is 0.0787. The molecule has 0 unspecified atom stereocenters. The predicted molar refractivity (Wildman–Crippen MR) is 82.1 cm³/mol. The summed E-state index contributed by atoms with van der Waals surface area (Å²) >= 11 is 1.27. The van der Waals surface area contributed by atoms with E-state index >= 15 is 0 Å². The molecule has 3 heterocycles. The molecule has 2 aromatic rings. The summed E-state index contributed by atoms with van der Waals surface area (Å²) in [7, 11) is 0. The minimum atomic E-state index is -0.0517. The summed E-state index contributed by atoms with van der Waals surface area (Å²) in [6.07, 6.45) is 3.69. The van der Waals surface area contributed by atoms with E-state index < -0.39 is 0 Å². The maximum Gasteiger partial charge on any atom is 0.270 e. The van der Waals surface area contributed by atoms with Crippen molar-refractivity contribution in [2.75, 3.05) is 18.8 Å². The summed E-state index contributed by atoms with van der Waals surface area (Å²) in [6, 6.07) is 1.63. The summed E-state index contributed by atoms with van der Waals surface area (Å²) in [5, 5.41) is 7.26. The number of nitrogens with one attached hydrogen (secondary N) is 2. The van der Waals surface area contributed by atoms with Gasteiger partial charge in [-0.1, -0.05) is 11.8 Å². The third kappa shape index (κ3) is 3.22. The zero-order valence-electron chi connectivity index (χ0n) is 12.3. The van der Waals surface area contributed by atoms with Crippen molar-refractivity contribution >= 4 is 23.5 Å². The van der Waals surface area contributed by atoms with Crippen LogP contribution in [0.15, 0.2) is 17.4 Å². The molecule has 0 aliphatic carbocycles. The molecule has 116 valence electrons. The number of H-pyrrole nitrogens is 2. The van der Waals surface area contributed by atoms with Gasteiger partial charge in [-0.2, -0.15) is 0 Å². The number of hydrogen-bond donors (Lipinski definition) is 2. The summed E-state index contributed by atoms with van der Waals surface area (Å²) in [6.45, 7) is 3.39. The number of Topliss-reactive ketones (excluding diaryl/α,β-unsaturated/α-hetero) is 1. The molecule has 1 amide bonds. The Kier molecular flexibility index (Phi) is 4.28. The number of likely N-dealkylation sites (tertiary alicyclic amines) is 1. The summed E-state index contributed by atoms with van der Waals surface area (Å²) in [5.41, 5.74) is 0.992. The molecule has 8 heteroatoms. The molecule has 7 nitrogen and oxygen atoms in total. The van der Waals surface area contributed by atoms with Gasteiger partial charge in [-0.15, -0.1) is 5.10 Å². The summed E-state index contributed by atoms with van der Waals surface area (Å²) in [4.78, 5) is 33.2. The maximum atomic E-state index is 12.2. The van der Waals surface area contributed by atoms with Crippen molar-refractivity contribution in [3.8, 4) is 0 Å². The van der Waals surface area contributed by atoms with Crippen molar-refractivity contribution in [3.63, 3.8) is 0 Å². The third-order valence-electron chi connectivity index (χ3n) is 3.54. The smallest absolute Gasteiger partial charge is 0.270 e. The molecule has 2 N–H and O–H groups in total. The van der Waals surface area contributed by atoms with Crippen LogP contribution in [0.3, 0.4) is 0 Å². The predicted octanol–water partition coefficient (Wildman–Crippen LogP) is 1.65. The SMILES string of the molecule is Cc1nc(SCC(=O)c2c[nH]c(C(=O)N3CCCC3)c2)n[nH]1. The van der Waals surface area contributed by atoms with Crippen molar-refractivity contribution in [3.05, 3.63) is 29.3 Å². The topological polar surface area (TPSA) is 94.7 Å². The van der Waals surface area contributed by atoms with E-state index in [0.717, 1.165) is 31.8 Å². The first-order valence-corrected chi connectivity index (χ1v) is 8.15. The molecule has 0 bridgehead atoms. The van der Waals surface area contributed by atoms with Crippen molar-refractivity contribution in [2.24, 2.45) is 0 Å². The van der Waals surface area contributed by atoms with E-state index in [2.05, 4.69) is 20.2 Å². The first-order chi connectivity index (χ1) is 10.6. The Morgan fingerprint density at radius 2 is 2.14 bits per heavy atom. The Labute approximate surface area is 131 Å². The van der Waals surface area contributed by atoms with Crippen LogP contribution < -0.4 is 0 Å². The number of nitrogens with zero attached hydrogens (tertiary/aromatic N) is 3. The van der Waals surface area contributed by atoms with E-state index in [9.17, 15) is 9.59 Å². The fourth-order valence-corrected chi connectivity index (χ4v) is 3.11. The highest BCUT2D eigenvalue weighted by molar-refractivity contribution is 7.99. The van der Waals surface area contributed by atoms with Gasteiger partial charge in [-0.25, -0.2) is 4.98 Å². The first kappa shape index (κ1) is 14.8. The molecular formula is C14H17N5O2S. The number of aromatic nitrogens is 4. The van der Waals surface area contributed by atoms with Gasteiger partial charge >= 0.3 is 0 Å². The second-order valence-electron chi connectivity index (χ2n) is 5.22. The number of hydrogen-bond acceptors (Lipinski definition) is 5. The average molecular weight is 319 g/mol. The normalized spacial score (nSPS) is 14.5. The van der Waals surface area contributed by atoms with Crippen LogP contribution in [0, 0.1) is 6.92 Å². The quantitative estimate of drug-likeness (QED) is 0.645. The van der Waals surface area contributed by atoms with Crippen LogP contribution in [0.1, 0.15) is 39.5 Å². The van der Waals surface area contributed by atoms with Gasteiger partial charge < -0.3 is 9.88 Å². The molecule has 0 aromatic carbocycles. The fraction of sp³-hybridized carbons (Fsp3) is 0.429. The Morgan fingerprint density at radius 3 is 2.82 bits per heavy atom. The molecular weight excluding hydrogens is 302 g/mol. The second kappa shape index (κ2) is 6.35. The van der Waals surface area contributed by atoms with Gasteiger partial charge in [0.05, 0.1) is 5.75 Å². The molecule has 1 aliphatic heterocycles. The Balaban J connectivity index is 1.60. The van der Waals surface area contributed by atoms with Gasteiger partial charge in [0.25, 0.3) is 5.91 Å². The molecule has 3 rings (SSSR count). The van der Waals surface area contributed by atoms with E-state index in [0.29, 0.717) is 16.4 Å². The number of amides is 1. The monoisotopic (exact) mass is 319 g/mol. The van der Waals surface area contributed by atoms with Crippen LogP contribution in [0.2, 0.25) is 0 Å². The highest BCUT2D eigenvalue weighted by Gasteiger charge is 2.21.